The van der Waals surface area contributed by atoms with E-state index in [4.69, 9.17) is 10.5 Å². The minimum Gasteiger partial charge on any atom is -0.382 e. The highest BCUT2D eigenvalue weighted by molar-refractivity contribution is 5.94. The molecule has 1 aliphatic heterocycles. The quantitative estimate of drug-likeness (QED) is 0.650. The highest BCUT2D eigenvalue weighted by atomic mass is 16.5. The van der Waals surface area contributed by atoms with Crippen LogP contribution in [0.2, 0.25) is 0 Å². The van der Waals surface area contributed by atoms with Gasteiger partial charge in [-0.3, -0.25) is 5.01 Å². The van der Waals surface area contributed by atoms with Gasteiger partial charge in [0.15, 0.2) is 0 Å². The Morgan fingerprint density at radius 2 is 2.17 bits per heavy atom. The summed E-state index contributed by atoms with van der Waals surface area (Å²) in [6, 6.07) is 8.26. The molecule has 4 heteroatoms. The Kier molecular flexibility index (Phi) is 4.36. The molecule has 1 aromatic rings. The topological polar surface area (TPSA) is 50.8 Å². The highest BCUT2D eigenvalue weighted by Gasteiger charge is 2.06. The summed E-state index contributed by atoms with van der Waals surface area (Å²) in [6.45, 7) is 5.12. The lowest BCUT2D eigenvalue weighted by molar-refractivity contribution is 0.0393. The Balaban J connectivity index is 1.97. The molecule has 2 N–H and O–H groups in total. The molecular weight excluding hydrogens is 226 g/mol. The van der Waals surface area contributed by atoms with Gasteiger partial charge in [0.05, 0.1) is 26.3 Å². The van der Waals surface area contributed by atoms with Crippen LogP contribution in [-0.4, -0.2) is 37.1 Å². The fourth-order valence-electron chi connectivity index (χ4n) is 1.81. The molecule has 1 saturated heterocycles. The third-order valence-corrected chi connectivity index (χ3v) is 2.73. The van der Waals surface area contributed by atoms with Gasteiger partial charge in [0.25, 0.3) is 0 Å². The maximum absolute atomic E-state index is 5.87. The van der Waals surface area contributed by atoms with Crippen molar-refractivity contribution in [1.29, 1.82) is 0 Å². The Labute approximate surface area is 108 Å². The lowest BCUT2D eigenvalue weighted by Crippen LogP contribution is -2.33. The Bertz CT molecular complexity index is 448. The van der Waals surface area contributed by atoms with Crippen LogP contribution in [0.1, 0.15) is 11.1 Å². The maximum atomic E-state index is 5.87. The molecule has 1 fully saturated rings. The number of nitrogens with two attached hydrogens (primary N) is 1. The van der Waals surface area contributed by atoms with E-state index in [0.717, 1.165) is 31.9 Å². The first kappa shape index (κ1) is 12.6. The fourth-order valence-corrected chi connectivity index (χ4v) is 1.81. The molecule has 0 radical (unpaired) electrons. The average molecular weight is 245 g/mol. The van der Waals surface area contributed by atoms with Crippen molar-refractivity contribution in [2.45, 2.75) is 6.92 Å². The molecule has 0 bridgehead atoms. The summed E-state index contributed by atoms with van der Waals surface area (Å²) >= 11 is 0. The first-order valence-electron chi connectivity index (χ1n) is 6.15. The van der Waals surface area contributed by atoms with E-state index in [9.17, 15) is 0 Å². The van der Waals surface area contributed by atoms with Gasteiger partial charge in [-0.25, -0.2) is 0 Å². The zero-order valence-corrected chi connectivity index (χ0v) is 10.7. The number of rotatable bonds is 3. The molecule has 4 nitrogen and oxygen atoms in total. The Hall–Kier alpha value is -1.81. The largest absolute Gasteiger partial charge is 0.382 e. The Morgan fingerprint density at radius 1 is 1.39 bits per heavy atom. The molecule has 2 rings (SSSR count). The predicted molar refractivity (Wildman–Crippen MR) is 74.2 cm³/mol. The zero-order valence-electron chi connectivity index (χ0n) is 10.7. The summed E-state index contributed by atoms with van der Waals surface area (Å²) in [5.74, 6) is 0.526. The maximum Gasteiger partial charge on any atom is 0.143 e. The number of ether oxygens (including phenoxy) is 1. The van der Waals surface area contributed by atoms with Gasteiger partial charge in [-0.1, -0.05) is 35.9 Å². The van der Waals surface area contributed by atoms with Crippen molar-refractivity contribution in [3.05, 3.63) is 41.5 Å². The molecule has 0 amide bonds. The molecule has 1 aromatic carbocycles. The number of aryl methyl sites for hydroxylation is 1. The molecule has 96 valence electrons. The van der Waals surface area contributed by atoms with Crippen molar-refractivity contribution < 1.29 is 4.74 Å². The van der Waals surface area contributed by atoms with Crippen molar-refractivity contribution in [2.24, 2.45) is 10.8 Å². The van der Waals surface area contributed by atoms with E-state index in [0.29, 0.717) is 5.84 Å². The van der Waals surface area contributed by atoms with E-state index in [1.165, 1.54) is 5.56 Å². The van der Waals surface area contributed by atoms with Gasteiger partial charge in [0.1, 0.15) is 5.84 Å². The normalized spacial score (nSPS) is 17.4. The standard InChI is InChI=1S/C14H19N3O/c1-12-3-2-4-13(11-12)5-6-14(15)16-17-7-9-18-10-8-17/h2-6,11H,7-10H2,1H3,(H2,15,16)/b6-5+. The van der Waals surface area contributed by atoms with Crippen LogP contribution < -0.4 is 5.73 Å². The lowest BCUT2D eigenvalue weighted by Gasteiger charge is -2.23. The first-order chi connectivity index (χ1) is 8.74. The number of nitrogens with zero attached hydrogens (tertiary/aromatic N) is 2. The van der Waals surface area contributed by atoms with Crippen molar-refractivity contribution in [3.63, 3.8) is 0 Å². The second-order valence-electron chi connectivity index (χ2n) is 4.34. The van der Waals surface area contributed by atoms with Gasteiger partial charge in [0, 0.05) is 0 Å². The van der Waals surface area contributed by atoms with Crippen molar-refractivity contribution >= 4 is 11.9 Å². The second kappa shape index (κ2) is 6.21. The average Bonchev–Trinajstić information content (AvgIpc) is 2.38. The van der Waals surface area contributed by atoms with E-state index in [1.54, 1.807) is 0 Å². The summed E-state index contributed by atoms with van der Waals surface area (Å²) in [5.41, 5.74) is 8.24. The number of hydrazone groups is 1. The minimum absolute atomic E-state index is 0.526. The molecule has 0 spiro atoms. The van der Waals surface area contributed by atoms with Crippen molar-refractivity contribution in [2.75, 3.05) is 26.3 Å². The van der Waals surface area contributed by atoms with Crippen LogP contribution in [0.25, 0.3) is 6.08 Å². The van der Waals surface area contributed by atoms with Crippen LogP contribution >= 0.6 is 0 Å². The summed E-state index contributed by atoms with van der Waals surface area (Å²) in [4.78, 5) is 0. The van der Waals surface area contributed by atoms with Gasteiger partial charge >= 0.3 is 0 Å². The first-order valence-corrected chi connectivity index (χ1v) is 6.15. The van der Waals surface area contributed by atoms with E-state index < -0.39 is 0 Å². The molecule has 0 aromatic heterocycles. The van der Waals surface area contributed by atoms with Crippen LogP contribution in [0.15, 0.2) is 35.4 Å². The summed E-state index contributed by atoms with van der Waals surface area (Å²) in [5, 5.41) is 6.28. The molecule has 0 aliphatic carbocycles. The number of benzene rings is 1. The van der Waals surface area contributed by atoms with Crippen molar-refractivity contribution in [3.8, 4) is 0 Å². The molecular formula is C14H19N3O. The lowest BCUT2D eigenvalue weighted by atomic mass is 10.1. The fraction of sp³-hybridized carbons (Fsp3) is 0.357. The third-order valence-electron chi connectivity index (χ3n) is 2.73. The van der Waals surface area contributed by atoms with Crippen LogP contribution in [0, 0.1) is 6.92 Å². The minimum atomic E-state index is 0.526. The summed E-state index contributed by atoms with van der Waals surface area (Å²) in [6.07, 6.45) is 3.82. The van der Waals surface area contributed by atoms with Gasteiger partial charge in [-0.15, -0.1) is 0 Å². The van der Waals surface area contributed by atoms with Gasteiger partial charge < -0.3 is 10.5 Å². The zero-order chi connectivity index (χ0) is 12.8. The molecule has 0 saturated carbocycles. The summed E-state index contributed by atoms with van der Waals surface area (Å²) < 4.78 is 5.25. The third kappa shape index (κ3) is 3.89. The molecule has 0 unspecified atom stereocenters. The predicted octanol–water partition coefficient (Wildman–Crippen LogP) is 1.61. The summed E-state index contributed by atoms with van der Waals surface area (Å²) in [7, 11) is 0. The number of hydrogen-bond donors (Lipinski definition) is 1. The smallest absolute Gasteiger partial charge is 0.143 e. The molecule has 0 atom stereocenters. The molecule has 18 heavy (non-hydrogen) atoms. The van der Waals surface area contributed by atoms with E-state index in [1.807, 2.05) is 29.3 Å². The number of morpholine rings is 1. The Morgan fingerprint density at radius 3 is 2.89 bits per heavy atom. The van der Waals surface area contributed by atoms with Gasteiger partial charge in [0.2, 0.25) is 0 Å². The monoisotopic (exact) mass is 245 g/mol. The van der Waals surface area contributed by atoms with Crippen LogP contribution in [-0.2, 0) is 4.74 Å². The van der Waals surface area contributed by atoms with Gasteiger partial charge in [-0.2, -0.15) is 5.10 Å². The second-order valence-corrected chi connectivity index (χ2v) is 4.34. The van der Waals surface area contributed by atoms with Crippen LogP contribution in [0.4, 0.5) is 0 Å². The highest BCUT2D eigenvalue weighted by Crippen LogP contribution is 2.05. The SMILES string of the molecule is Cc1cccc(/C=C/C(N)=NN2CCOCC2)c1. The number of amidine groups is 1. The molecule has 1 aliphatic rings. The van der Waals surface area contributed by atoms with Crippen LogP contribution in [0.3, 0.4) is 0 Å². The van der Waals surface area contributed by atoms with Crippen LogP contribution in [0.5, 0.6) is 0 Å². The van der Waals surface area contributed by atoms with Gasteiger partial charge in [-0.05, 0) is 18.6 Å². The van der Waals surface area contributed by atoms with E-state index in [-0.39, 0.29) is 0 Å². The number of hydrogen-bond acceptors (Lipinski definition) is 3. The van der Waals surface area contributed by atoms with E-state index >= 15 is 0 Å². The van der Waals surface area contributed by atoms with E-state index in [2.05, 4.69) is 24.2 Å². The van der Waals surface area contributed by atoms with Crippen molar-refractivity contribution in [1.82, 2.24) is 5.01 Å². The molecule has 1 heterocycles.